The van der Waals surface area contributed by atoms with E-state index in [0.29, 0.717) is 98.3 Å². The lowest BCUT2D eigenvalue weighted by atomic mass is 9.95. The molecular formula is C90H91Br2Cl3F5N17O20S6. The number of carboxylic acid groups (broad SMARTS) is 4. The summed E-state index contributed by atoms with van der Waals surface area (Å²) >= 11 is 31.3. The first-order valence-corrected chi connectivity index (χ1v) is 53.8. The van der Waals surface area contributed by atoms with Crippen LogP contribution in [0.2, 0.25) is 15.1 Å². The normalized spacial score (nSPS) is 22.2. The maximum atomic E-state index is 14.3. The van der Waals surface area contributed by atoms with E-state index in [1.165, 1.54) is 98.1 Å². The molecule has 8 aromatic rings. The number of likely N-dealkylation sites (tertiary alicyclic amines) is 1. The molecule has 4 fully saturated rings. The third kappa shape index (κ3) is 26.2. The average Bonchev–Trinajstić information content (AvgIpc) is 1.75. The van der Waals surface area contributed by atoms with Gasteiger partial charge in [-0.25, -0.2) is 77.9 Å². The predicted molar refractivity (Wildman–Crippen MR) is 531 cm³/mol. The Morgan fingerprint density at radius 1 is 0.503 bits per heavy atom. The third-order valence-corrected chi connectivity index (χ3v) is 32.7. The van der Waals surface area contributed by atoms with Crippen molar-refractivity contribution in [3.63, 3.8) is 0 Å². The number of hydrogen-bond acceptors (Lipinski definition) is 36. The second kappa shape index (κ2) is 48.0. The molecule has 762 valence electrons. The van der Waals surface area contributed by atoms with E-state index in [4.69, 9.17) is 63.7 Å². The van der Waals surface area contributed by atoms with Crippen molar-refractivity contribution in [2.24, 2.45) is 32.9 Å². The highest BCUT2D eigenvalue weighted by Crippen LogP contribution is 2.45. The summed E-state index contributed by atoms with van der Waals surface area (Å²) in [7, 11) is -5.39. The van der Waals surface area contributed by atoms with Crippen molar-refractivity contribution in [3.8, 4) is 0 Å². The molecule has 143 heavy (non-hydrogen) atoms. The summed E-state index contributed by atoms with van der Waals surface area (Å²) in [6.45, 7) is 7.45. The third-order valence-electron chi connectivity index (χ3n) is 23.3. The molecular weight excluding hydrogens is 2190 g/mol. The van der Waals surface area contributed by atoms with E-state index in [2.05, 4.69) is 83.0 Å². The Kier molecular flexibility index (Phi) is 36.7. The standard InChI is InChI=1S/C23H24Cl2N4O6S2.C23H25ClFN5O6S.C22H20BrF3N4O4S.C22H22BrFN4O4S2/c1-3-35-23(32)17-16(11-29-7-9-37(33,34)12(2)19(29)22(30)31)27-20(21-26-6-8-36-21)28-18(17)14-5-4-13(24)10-15(14)25;1-3-36-23(33)18-16(11-30-8-9-37(34,35)12-17(30)22(31)32)27-20(21-26-6-7-29(21)2)28-19(18)14-5-4-13(25)10-15(14)24;1-2-34-21(33)16-15(9-30-8-13(20(31)32)22(25,26)10-30)28-18(19-27-5-6-35-19)29-17(16)12-4-3-11(24)7-14(12)23;1-2-32-22(31)17-15(10-28-6-8-33-11-16(28)21(29)30)26-19(20-25-5-7-34-20)27-18(17)13-4-3-12(24)9-14(13)23/h4-6,8,10,12,18-19H,3,7,9,11H2,1-2H3,(H,27,28)(H,30,31);4-7,10,17,19H,3,8-9,11-12H2,1-2H3,(H,27,28)(H,31,32);3-7,13,17H,2,8-10H2,1H3,(H,28,29)(H,31,32);3-5,7,9,16,18H,2,6,8,10-11H2,1H3,(H,26,27)(H,29,30). The number of hydrogen-bond donors (Lipinski definition) is 8. The molecule has 4 aromatic carbocycles. The minimum absolute atomic E-state index is 0.0268. The number of nitrogens with zero attached hydrogens (tertiary/aromatic N) is 13. The van der Waals surface area contributed by atoms with Gasteiger partial charge in [-0.3, -0.25) is 58.7 Å². The fourth-order valence-corrected chi connectivity index (χ4v) is 24.4. The summed E-state index contributed by atoms with van der Waals surface area (Å²) in [5.41, 5.74) is 3.67. The average molecular weight is 2280 g/mol. The largest absolute Gasteiger partial charge is 0.481 e. The van der Waals surface area contributed by atoms with E-state index in [1.54, 1.807) is 117 Å². The predicted octanol–water partition coefficient (Wildman–Crippen LogP) is 11.3. The number of amidine groups is 4. The zero-order chi connectivity index (χ0) is 103. The highest BCUT2D eigenvalue weighted by atomic mass is 79.9. The number of aryl methyl sites for hydroxylation is 1. The summed E-state index contributed by atoms with van der Waals surface area (Å²) < 4.78 is 143. The number of aliphatic imine (C=N–C) groups is 4. The summed E-state index contributed by atoms with van der Waals surface area (Å²) in [6, 6.07) is 9.66. The number of esters is 4. The Morgan fingerprint density at radius 2 is 0.909 bits per heavy atom. The van der Waals surface area contributed by atoms with E-state index >= 15 is 0 Å². The molecule has 37 nitrogen and oxygen atoms in total. The van der Waals surface area contributed by atoms with Crippen LogP contribution in [0.3, 0.4) is 0 Å². The molecule has 9 unspecified atom stereocenters. The van der Waals surface area contributed by atoms with Crippen LogP contribution in [0.25, 0.3) is 0 Å². The van der Waals surface area contributed by atoms with Gasteiger partial charge in [0.15, 0.2) is 63.9 Å². The van der Waals surface area contributed by atoms with E-state index < -0.39 is 163 Å². The van der Waals surface area contributed by atoms with Crippen LogP contribution in [0.5, 0.6) is 0 Å². The molecule has 8 aliphatic rings. The van der Waals surface area contributed by atoms with Gasteiger partial charge in [0.05, 0.1) is 77.8 Å². The van der Waals surface area contributed by atoms with E-state index in [9.17, 15) is 97.6 Å². The van der Waals surface area contributed by atoms with Crippen LogP contribution in [-0.4, -0.2) is 296 Å². The van der Waals surface area contributed by atoms with Crippen LogP contribution in [0, 0.1) is 23.4 Å². The minimum atomic E-state index is -3.59. The molecule has 4 aromatic heterocycles. The number of carbonyl (C=O) groups excluding carboxylic acids is 4. The number of ether oxygens (including phenoxy) is 4. The van der Waals surface area contributed by atoms with Crippen molar-refractivity contribution < 1.29 is 117 Å². The SMILES string of the molecule is CCOC(=O)C1=C(CN2CC(C(=O)O)C(F)(F)C2)NC(c2nccs2)=NC1c1ccc(F)cc1Br.CCOC(=O)C1=C(CN2CCS(=O)(=O)C(C)C2C(=O)O)NC(c2nccs2)=NC1c1ccc(Cl)cc1Cl.CCOC(=O)C1=C(CN2CCS(=O)(=O)CC2C(=O)O)NC(c2nccn2C)=NC1c1ccc(F)cc1Cl.CCOC(=O)C1=C(CN2CCSCC2C(=O)O)NC(c2nccs2)=NC1c1ccc(F)cc1Br. The van der Waals surface area contributed by atoms with Gasteiger partial charge in [-0.15, -0.1) is 34.0 Å². The fourth-order valence-electron chi connectivity index (χ4n) is 16.5. The summed E-state index contributed by atoms with van der Waals surface area (Å²) in [4.78, 5) is 142. The zero-order valence-corrected chi connectivity index (χ0v) is 86.7. The minimum Gasteiger partial charge on any atom is -0.481 e. The molecule has 0 bridgehead atoms. The number of rotatable bonds is 28. The van der Waals surface area contributed by atoms with Crippen molar-refractivity contribution in [2.75, 3.05) is 114 Å². The molecule has 0 aliphatic carbocycles. The first kappa shape index (κ1) is 109. The van der Waals surface area contributed by atoms with Gasteiger partial charge in [0.25, 0.3) is 5.92 Å². The number of thiazole rings is 3. The van der Waals surface area contributed by atoms with Crippen molar-refractivity contribution in [1.82, 2.24) is 65.4 Å². The maximum absolute atomic E-state index is 14.3. The molecule has 0 radical (unpaired) electrons. The monoisotopic (exact) mass is 2280 g/mol. The highest BCUT2D eigenvalue weighted by Gasteiger charge is 2.53. The number of carbonyl (C=O) groups is 8. The molecule has 0 amide bonds. The molecule has 8 aliphatic heterocycles. The quantitative estimate of drug-likeness (QED) is 0.0128. The number of nitrogens with one attached hydrogen (secondary N) is 4. The summed E-state index contributed by atoms with van der Waals surface area (Å²) in [5, 5.41) is 57.6. The van der Waals surface area contributed by atoms with Gasteiger partial charge in [0.1, 0.15) is 65.7 Å². The van der Waals surface area contributed by atoms with Gasteiger partial charge in [0.2, 0.25) is 0 Å². The number of alkyl halides is 2. The first-order valence-electron chi connectivity index (χ1n) is 43.7. The van der Waals surface area contributed by atoms with E-state index in [-0.39, 0.29) is 127 Å². The van der Waals surface area contributed by atoms with Crippen LogP contribution in [0.1, 0.15) is 102 Å². The fraction of sp³-hybridized carbons (Fsp3) is 0.378. The van der Waals surface area contributed by atoms with Crippen LogP contribution in [-0.2, 0) is 84.0 Å². The Morgan fingerprint density at radius 3 is 1.31 bits per heavy atom. The Balaban J connectivity index is 0.000000160. The number of carboxylic acids is 4. The highest BCUT2D eigenvalue weighted by molar-refractivity contribution is 9.10. The van der Waals surface area contributed by atoms with Crippen LogP contribution in [0.15, 0.2) is 194 Å². The van der Waals surface area contributed by atoms with Gasteiger partial charge in [-0.1, -0.05) is 90.9 Å². The molecule has 0 spiro atoms. The Labute approximate surface area is 863 Å². The number of imidazole rings is 1. The molecule has 4 saturated heterocycles. The molecule has 0 saturated carbocycles. The van der Waals surface area contributed by atoms with E-state index in [0.717, 1.165) is 11.8 Å². The smallest absolute Gasteiger partial charge is 0.338 e. The van der Waals surface area contributed by atoms with Gasteiger partial charge in [0, 0.05) is 176 Å². The second-order valence-corrected chi connectivity index (χ2v) is 44.0. The van der Waals surface area contributed by atoms with Crippen molar-refractivity contribution in [1.29, 1.82) is 0 Å². The Hall–Kier alpha value is -10.9. The van der Waals surface area contributed by atoms with Gasteiger partial charge in [-0.05, 0) is 94.3 Å². The van der Waals surface area contributed by atoms with Crippen molar-refractivity contribution in [2.45, 2.75) is 88.1 Å². The van der Waals surface area contributed by atoms with Gasteiger partial charge in [-0.2, -0.15) is 11.8 Å². The summed E-state index contributed by atoms with van der Waals surface area (Å²) in [6.07, 6.45) is 8.07. The lowest BCUT2D eigenvalue weighted by molar-refractivity contribution is -0.151. The van der Waals surface area contributed by atoms with E-state index in [1.807, 2.05) is 10.3 Å². The van der Waals surface area contributed by atoms with Crippen LogP contribution < -0.4 is 21.3 Å². The number of aliphatic carboxylic acids is 4. The van der Waals surface area contributed by atoms with Gasteiger partial charge < -0.3 is 65.2 Å². The molecule has 8 N–H and O–H groups in total. The lowest BCUT2D eigenvalue weighted by Gasteiger charge is -2.38. The van der Waals surface area contributed by atoms with Crippen molar-refractivity contribution in [3.05, 3.63) is 250 Å². The van der Waals surface area contributed by atoms with Crippen LogP contribution >= 0.6 is 112 Å². The molecule has 53 heteroatoms. The number of halogens is 10. The summed E-state index contributed by atoms with van der Waals surface area (Å²) in [5.74, 6) is -12.5. The lowest BCUT2D eigenvalue weighted by Crippen LogP contribution is -2.58. The zero-order valence-electron chi connectivity index (χ0n) is 76.3. The molecule has 9 atom stereocenters. The number of sulfone groups is 2. The number of benzene rings is 4. The topological polar surface area (TPSA) is 490 Å². The molecule has 16 rings (SSSR count). The molecule has 12 heterocycles. The maximum Gasteiger partial charge on any atom is 0.338 e. The Bertz CT molecular complexity index is 6710. The first-order chi connectivity index (χ1) is 68.0. The van der Waals surface area contributed by atoms with Crippen molar-refractivity contribution >= 4 is 203 Å². The second-order valence-electron chi connectivity index (χ2n) is 32.5. The number of aromatic nitrogens is 5. The van der Waals surface area contributed by atoms with Crippen LogP contribution in [0.4, 0.5) is 22.0 Å². The number of thioether (sulfide) groups is 1. The van der Waals surface area contributed by atoms with Gasteiger partial charge >= 0.3 is 47.8 Å².